The molecule has 0 unspecified atom stereocenters. The van der Waals surface area contributed by atoms with Gasteiger partial charge in [0.1, 0.15) is 28.2 Å². The SMILES string of the molecule is O=C(O)COc1cc(Cl)c(Cc2ccc(O)c(-c3cc(F)c(Cl)c(F)c3)c2)c(Cl)c1. The lowest BCUT2D eigenvalue weighted by molar-refractivity contribution is -0.139. The lowest BCUT2D eigenvalue weighted by Gasteiger charge is -2.13. The van der Waals surface area contributed by atoms with Crippen LogP contribution in [0, 0.1) is 11.6 Å². The molecule has 9 heteroatoms. The van der Waals surface area contributed by atoms with Crippen molar-refractivity contribution in [2.75, 3.05) is 6.61 Å². The van der Waals surface area contributed by atoms with Gasteiger partial charge in [-0.05, 0) is 53.1 Å². The van der Waals surface area contributed by atoms with Gasteiger partial charge in [0.05, 0.1) is 0 Å². The molecule has 0 amide bonds. The third-order valence-electron chi connectivity index (χ3n) is 4.21. The van der Waals surface area contributed by atoms with Crippen LogP contribution in [-0.4, -0.2) is 22.8 Å². The third-order valence-corrected chi connectivity index (χ3v) is 5.25. The van der Waals surface area contributed by atoms with Crippen LogP contribution >= 0.6 is 34.8 Å². The number of ether oxygens (including phenoxy) is 1. The minimum Gasteiger partial charge on any atom is -0.507 e. The summed E-state index contributed by atoms with van der Waals surface area (Å²) in [5.74, 6) is -3.00. The van der Waals surface area contributed by atoms with Gasteiger partial charge in [-0.2, -0.15) is 0 Å². The van der Waals surface area contributed by atoms with Crippen LogP contribution in [0.4, 0.5) is 8.78 Å². The predicted molar refractivity (Wildman–Crippen MR) is 111 cm³/mol. The fourth-order valence-electron chi connectivity index (χ4n) is 2.82. The van der Waals surface area contributed by atoms with Crippen molar-refractivity contribution in [1.82, 2.24) is 0 Å². The first-order valence-electron chi connectivity index (χ1n) is 8.45. The molecule has 0 aliphatic rings. The molecule has 0 aromatic heterocycles. The van der Waals surface area contributed by atoms with Crippen molar-refractivity contribution in [3.63, 3.8) is 0 Å². The zero-order valence-electron chi connectivity index (χ0n) is 15.1. The zero-order valence-corrected chi connectivity index (χ0v) is 17.3. The van der Waals surface area contributed by atoms with Crippen molar-refractivity contribution in [2.24, 2.45) is 0 Å². The number of aromatic hydroxyl groups is 1. The zero-order chi connectivity index (χ0) is 22.0. The molecule has 0 bridgehead atoms. The van der Waals surface area contributed by atoms with Crippen molar-refractivity contribution in [3.8, 4) is 22.6 Å². The Hall–Kier alpha value is -2.54. The first-order chi connectivity index (χ1) is 14.2. The molecular weight excluding hydrogens is 461 g/mol. The summed E-state index contributed by atoms with van der Waals surface area (Å²) in [5, 5.41) is 18.7. The summed E-state index contributed by atoms with van der Waals surface area (Å²) in [6.45, 7) is -0.540. The summed E-state index contributed by atoms with van der Waals surface area (Å²) < 4.78 is 32.7. The Morgan fingerprint density at radius 1 is 0.967 bits per heavy atom. The topological polar surface area (TPSA) is 66.8 Å². The number of hydrogen-bond donors (Lipinski definition) is 2. The Morgan fingerprint density at radius 3 is 2.13 bits per heavy atom. The molecule has 0 aliphatic carbocycles. The molecule has 3 aromatic rings. The summed E-state index contributed by atoms with van der Waals surface area (Å²) in [5.41, 5.74) is 1.51. The average Bonchev–Trinajstić information content (AvgIpc) is 2.68. The van der Waals surface area contributed by atoms with Crippen LogP contribution in [0.3, 0.4) is 0 Å². The van der Waals surface area contributed by atoms with E-state index in [0.29, 0.717) is 11.1 Å². The van der Waals surface area contributed by atoms with Gasteiger partial charge in [-0.15, -0.1) is 0 Å². The molecule has 4 nitrogen and oxygen atoms in total. The second-order valence-electron chi connectivity index (χ2n) is 6.33. The van der Waals surface area contributed by atoms with Crippen LogP contribution in [0.15, 0.2) is 42.5 Å². The Morgan fingerprint density at radius 2 is 1.57 bits per heavy atom. The number of phenols is 1. The molecule has 30 heavy (non-hydrogen) atoms. The number of carboxylic acid groups (broad SMARTS) is 1. The number of aliphatic carboxylic acids is 1. The number of carboxylic acids is 1. The van der Waals surface area contributed by atoms with Crippen LogP contribution in [0.5, 0.6) is 11.5 Å². The van der Waals surface area contributed by atoms with Gasteiger partial charge >= 0.3 is 5.97 Å². The summed E-state index contributed by atoms with van der Waals surface area (Å²) in [6, 6.07) is 9.49. The van der Waals surface area contributed by atoms with E-state index < -0.39 is 29.2 Å². The average molecular weight is 474 g/mol. The summed E-state index contributed by atoms with van der Waals surface area (Å²) in [4.78, 5) is 10.6. The monoisotopic (exact) mass is 472 g/mol. The summed E-state index contributed by atoms with van der Waals surface area (Å²) in [6.07, 6.45) is 0.239. The van der Waals surface area contributed by atoms with E-state index in [1.807, 2.05) is 0 Å². The van der Waals surface area contributed by atoms with E-state index in [4.69, 9.17) is 44.6 Å². The smallest absolute Gasteiger partial charge is 0.341 e. The fraction of sp³-hybridized carbons (Fsp3) is 0.0952. The van der Waals surface area contributed by atoms with Crippen LogP contribution in [0.2, 0.25) is 15.1 Å². The van der Waals surface area contributed by atoms with Gasteiger partial charge in [0.15, 0.2) is 6.61 Å². The maximum atomic E-state index is 13.8. The number of rotatable bonds is 6. The molecule has 0 heterocycles. The molecule has 156 valence electrons. The molecule has 0 saturated heterocycles. The standard InChI is InChI=1S/C21H13Cl3F2O4/c22-15-7-12(30-9-20(28)29)8-16(23)14(15)4-10-1-2-19(27)13(3-10)11-5-17(25)21(24)18(26)6-11/h1-3,5-8,27H,4,9H2,(H,28,29). The molecule has 2 N–H and O–H groups in total. The summed E-state index contributed by atoms with van der Waals surface area (Å²) in [7, 11) is 0. The highest BCUT2D eigenvalue weighted by Gasteiger charge is 2.15. The highest BCUT2D eigenvalue weighted by molar-refractivity contribution is 6.36. The molecule has 0 fully saturated rings. The van der Waals surface area contributed by atoms with Crippen LogP contribution in [0.1, 0.15) is 11.1 Å². The van der Waals surface area contributed by atoms with Crippen molar-refractivity contribution in [3.05, 3.63) is 80.3 Å². The van der Waals surface area contributed by atoms with Crippen LogP contribution in [0.25, 0.3) is 11.1 Å². The first-order valence-corrected chi connectivity index (χ1v) is 9.58. The number of halogens is 5. The van der Waals surface area contributed by atoms with E-state index in [2.05, 4.69) is 0 Å². The number of phenolic OH excluding ortho intramolecular Hbond substituents is 1. The molecule has 0 saturated carbocycles. The van der Waals surface area contributed by atoms with Crippen molar-refractivity contribution < 1.29 is 28.5 Å². The second-order valence-corrected chi connectivity index (χ2v) is 7.52. The third kappa shape index (κ3) is 4.95. The molecule has 0 spiro atoms. The molecule has 3 aromatic carbocycles. The van der Waals surface area contributed by atoms with Gasteiger partial charge in [-0.3, -0.25) is 0 Å². The van der Waals surface area contributed by atoms with Crippen molar-refractivity contribution >= 4 is 40.8 Å². The number of carbonyl (C=O) groups is 1. The fourth-order valence-corrected chi connectivity index (χ4v) is 3.53. The van der Waals surface area contributed by atoms with Gasteiger partial charge in [-0.25, -0.2) is 13.6 Å². The molecular formula is C21H13Cl3F2O4. The quantitative estimate of drug-likeness (QED) is 0.409. The van der Waals surface area contributed by atoms with Crippen LogP contribution < -0.4 is 4.74 Å². The minimum absolute atomic E-state index is 0.114. The van der Waals surface area contributed by atoms with Gasteiger partial charge in [0.2, 0.25) is 0 Å². The Balaban J connectivity index is 1.93. The lowest BCUT2D eigenvalue weighted by Crippen LogP contribution is -2.09. The maximum Gasteiger partial charge on any atom is 0.341 e. The van der Waals surface area contributed by atoms with E-state index in [1.54, 1.807) is 12.1 Å². The summed E-state index contributed by atoms with van der Waals surface area (Å²) >= 11 is 18.1. The molecule has 0 radical (unpaired) electrons. The molecule has 3 rings (SSSR count). The Kier molecular flexibility index (Phi) is 6.71. The number of hydrogen-bond acceptors (Lipinski definition) is 3. The Bertz CT molecular complexity index is 1090. The minimum atomic E-state index is -1.14. The maximum absolute atomic E-state index is 13.8. The largest absolute Gasteiger partial charge is 0.507 e. The van der Waals surface area contributed by atoms with E-state index in [9.17, 15) is 18.7 Å². The van der Waals surface area contributed by atoms with Crippen LogP contribution in [-0.2, 0) is 11.2 Å². The van der Waals surface area contributed by atoms with Gasteiger partial charge < -0.3 is 14.9 Å². The normalized spacial score (nSPS) is 10.8. The second kappa shape index (κ2) is 9.08. The van der Waals surface area contributed by atoms with Gasteiger partial charge in [0, 0.05) is 22.0 Å². The number of benzene rings is 3. The first kappa shape index (κ1) is 22.2. The Labute approximate surface area is 185 Å². The van der Waals surface area contributed by atoms with Gasteiger partial charge in [-0.1, -0.05) is 40.9 Å². The highest BCUT2D eigenvalue weighted by atomic mass is 35.5. The van der Waals surface area contributed by atoms with E-state index >= 15 is 0 Å². The predicted octanol–water partition coefficient (Wildman–Crippen LogP) is 6.35. The molecule has 0 atom stereocenters. The van der Waals surface area contributed by atoms with E-state index in [1.165, 1.54) is 18.2 Å². The van der Waals surface area contributed by atoms with Crippen molar-refractivity contribution in [2.45, 2.75) is 6.42 Å². The van der Waals surface area contributed by atoms with E-state index in [0.717, 1.165) is 12.1 Å². The van der Waals surface area contributed by atoms with Gasteiger partial charge in [0.25, 0.3) is 0 Å². The van der Waals surface area contributed by atoms with Crippen molar-refractivity contribution in [1.29, 1.82) is 0 Å². The van der Waals surface area contributed by atoms with E-state index in [-0.39, 0.29) is 39.1 Å². The highest BCUT2D eigenvalue weighted by Crippen LogP contribution is 2.36. The molecule has 0 aliphatic heterocycles. The lowest BCUT2D eigenvalue weighted by atomic mass is 9.98.